The fraction of sp³-hybridized carbons (Fsp3) is 0.286. The molecule has 0 fully saturated rings. The minimum atomic E-state index is -0.458. The largest absolute Gasteiger partial charge is 0.493 e. The zero-order valence-electron chi connectivity index (χ0n) is 21.0. The molecule has 1 aromatic heterocycles. The molecule has 0 aliphatic carbocycles. The Labute approximate surface area is 215 Å². The highest BCUT2D eigenvalue weighted by Crippen LogP contribution is 2.40. The van der Waals surface area contributed by atoms with Gasteiger partial charge in [-0.05, 0) is 62.6 Å². The average Bonchev–Trinajstić information content (AvgIpc) is 3.36. The number of nitrogens with one attached hydrogen (secondary N) is 2. The number of fused-ring (bicyclic) bond motifs is 1. The molecular weight excluding hydrogens is 476 g/mol. The van der Waals surface area contributed by atoms with Gasteiger partial charge in [-0.1, -0.05) is 23.8 Å². The highest BCUT2D eigenvalue weighted by Gasteiger charge is 2.35. The van der Waals surface area contributed by atoms with Crippen molar-refractivity contribution >= 4 is 29.2 Å². The molecule has 2 amide bonds. The van der Waals surface area contributed by atoms with Crippen LogP contribution in [-0.2, 0) is 4.79 Å². The maximum absolute atomic E-state index is 13.6. The second-order valence-electron chi connectivity index (χ2n) is 9.23. The second kappa shape index (κ2) is 10.5. The zero-order valence-corrected chi connectivity index (χ0v) is 21.8. The van der Waals surface area contributed by atoms with Crippen molar-refractivity contribution in [1.82, 2.24) is 10.6 Å². The summed E-state index contributed by atoms with van der Waals surface area (Å²) in [5, 5.41) is 7.84. The third kappa shape index (κ3) is 5.71. The first-order valence-electron chi connectivity index (χ1n) is 11.6. The number of amides is 2. The Hall–Kier alpha value is -3.78. The summed E-state index contributed by atoms with van der Waals surface area (Å²) < 4.78 is 16.7. The van der Waals surface area contributed by atoms with E-state index in [1.165, 1.54) is 25.6 Å². The molecule has 188 valence electrons. The van der Waals surface area contributed by atoms with Gasteiger partial charge < -0.3 is 24.8 Å². The Morgan fingerprint density at radius 1 is 1.08 bits per heavy atom. The molecule has 36 heavy (non-hydrogen) atoms. The summed E-state index contributed by atoms with van der Waals surface area (Å²) in [6.07, 6.45) is 2.27. The average molecular weight is 507 g/mol. The van der Waals surface area contributed by atoms with E-state index in [0.29, 0.717) is 23.5 Å². The van der Waals surface area contributed by atoms with E-state index in [9.17, 15) is 9.59 Å². The summed E-state index contributed by atoms with van der Waals surface area (Å²) in [7, 11) is 3.03. The van der Waals surface area contributed by atoms with Gasteiger partial charge in [0.15, 0.2) is 11.5 Å². The van der Waals surface area contributed by atoms with Crippen LogP contribution in [-0.4, -0.2) is 31.6 Å². The van der Waals surface area contributed by atoms with Gasteiger partial charge in [-0.15, -0.1) is 11.3 Å². The molecule has 2 heterocycles. The van der Waals surface area contributed by atoms with E-state index in [-0.39, 0.29) is 17.6 Å². The van der Waals surface area contributed by atoms with Crippen molar-refractivity contribution in [3.8, 4) is 17.2 Å². The quantitative estimate of drug-likeness (QED) is 0.427. The summed E-state index contributed by atoms with van der Waals surface area (Å²) in [5.41, 5.74) is 2.03. The van der Waals surface area contributed by atoms with Crippen LogP contribution in [0, 0.1) is 6.92 Å². The first-order chi connectivity index (χ1) is 17.2. The minimum absolute atomic E-state index is 0.149. The Morgan fingerprint density at radius 3 is 2.56 bits per heavy atom. The Bertz CT molecular complexity index is 1300. The number of carbonyl (C=O) groups is 2. The van der Waals surface area contributed by atoms with Crippen LogP contribution in [0.25, 0.3) is 6.08 Å². The van der Waals surface area contributed by atoms with Gasteiger partial charge in [0.1, 0.15) is 17.0 Å². The molecule has 1 atom stereocenters. The normalized spacial score (nSPS) is 16.4. The lowest BCUT2D eigenvalue weighted by atomic mass is 9.89. The van der Waals surface area contributed by atoms with Gasteiger partial charge in [0.25, 0.3) is 11.8 Å². The lowest BCUT2D eigenvalue weighted by Crippen LogP contribution is -2.43. The molecule has 0 spiro atoms. The van der Waals surface area contributed by atoms with E-state index in [1.54, 1.807) is 24.3 Å². The van der Waals surface area contributed by atoms with Gasteiger partial charge in [0.05, 0.1) is 20.3 Å². The van der Waals surface area contributed by atoms with Crippen molar-refractivity contribution in [3.05, 3.63) is 81.2 Å². The Morgan fingerprint density at radius 2 is 1.86 bits per heavy atom. The molecule has 1 aliphatic heterocycles. The predicted molar refractivity (Wildman–Crippen MR) is 141 cm³/mol. The van der Waals surface area contributed by atoms with E-state index < -0.39 is 11.5 Å². The molecule has 0 bridgehead atoms. The molecule has 2 N–H and O–H groups in total. The van der Waals surface area contributed by atoms with Gasteiger partial charge in [-0.3, -0.25) is 9.59 Å². The van der Waals surface area contributed by atoms with Crippen LogP contribution in [0.4, 0.5) is 0 Å². The summed E-state index contributed by atoms with van der Waals surface area (Å²) in [4.78, 5) is 27.6. The van der Waals surface area contributed by atoms with Crippen molar-refractivity contribution in [1.29, 1.82) is 0 Å². The Balaban J connectivity index is 1.62. The molecule has 4 rings (SSSR count). The zero-order chi connectivity index (χ0) is 25.9. The van der Waals surface area contributed by atoms with Crippen LogP contribution >= 0.6 is 11.3 Å². The van der Waals surface area contributed by atoms with Crippen molar-refractivity contribution in [3.63, 3.8) is 0 Å². The number of rotatable bonds is 7. The first-order valence-corrected chi connectivity index (χ1v) is 12.5. The maximum Gasteiger partial charge on any atom is 0.268 e. The smallest absolute Gasteiger partial charge is 0.268 e. The van der Waals surface area contributed by atoms with Crippen molar-refractivity contribution in [2.24, 2.45) is 0 Å². The number of aryl methyl sites for hydroxylation is 1. The lowest BCUT2D eigenvalue weighted by molar-refractivity contribution is -0.119. The second-order valence-corrected chi connectivity index (χ2v) is 10.2. The molecule has 8 heteroatoms. The fourth-order valence-corrected chi connectivity index (χ4v) is 4.84. The summed E-state index contributed by atoms with van der Waals surface area (Å²) >= 11 is 1.47. The van der Waals surface area contributed by atoms with Crippen molar-refractivity contribution in [2.45, 2.75) is 38.8 Å². The van der Waals surface area contributed by atoms with Gasteiger partial charge in [-0.25, -0.2) is 0 Å². The lowest BCUT2D eigenvalue weighted by Gasteiger charge is -2.38. The summed E-state index contributed by atoms with van der Waals surface area (Å²) in [6, 6.07) is 14.3. The SMILES string of the molecule is COc1ccc(C(=O)N/C(=C\c2cccs2)C(=O)NC2CC(C)(C)Oc3ccc(C)cc32)cc1OC. The number of thiophene rings is 1. The number of benzene rings is 2. The van der Waals surface area contributed by atoms with E-state index >= 15 is 0 Å². The third-order valence-corrected chi connectivity index (χ3v) is 6.72. The maximum atomic E-state index is 13.6. The molecule has 1 unspecified atom stereocenters. The van der Waals surface area contributed by atoms with Gasteiger partial charge in [-0.2, -0.15) is 0 Å². The van der Waals surface area contributed by atoms with Crippen molar-refractivity contribution in [2.75, 3.05) is 14.2 Å². The van der Waals surface area contributed by atoms with Crippen LogP contribution in [0.5, 0.6) is 17.2 Å². The molecule has 0 saturated heterocycles. The van der Waals surface area contributed by atoms with Crippen LogP contribution in [0.1, 0.15) is 52.7 Å². The number of ether oxygens (including phenoxy) is 3. The van der Waals surface area contributed by atoms with Gasteiger partial charge >= 0.3 is 0 Å². The van der Waals surface area contributed by atoms with E-state index in [0.717, 1.165) is 21.8 Å². The monoisotopic (exact) mass is 506 g/mol. The molecule has 1 aliphatic rings. The minimum Gasteiger partial charge on any atom is -0.493 e. The van der Waals surface area contributed by atoms with Crippen LogP contribution < -0.4 is 24.8 Å². The fourth-order valence-electron chi connectivity index (χ4n) is 4.18. The third-order valence-electron chi connectivity index (χ3n) is 5.90. The number of hydrogen-bond acceptors (Lipinski definition) is 6. The number of carbonyl (C=O) groups excluding carboxylic acids is 2. The topological polar surface area (TPSA) is 85.9 Å². The number of hydrogen-bond donors (Lipinski definition) is 2. The van der Waals surface area contributed by atoms with Crippen LogP contribution in [0.3, 0.4) is 0 Å². The van der Waals surface area contributed by atoms with E-state index in [2.05, 4.69) is 10.6 Å². The standard InChI is InChI=1S/C28H30N2O5S/c1-17-8-10-23-20(13-17)22(16-28(2,3)35-23)30-27(32)21(15-19-7-6-12-36-19)29-26(31)18-9-11-24(33-4)25(14-18)34-5/h6-15,22H,16H2,1-5H3,(H,29,31)(H,30,32)/b21-15-. The van der Waals surface area contributed by atoms with E-state index in [4.69, 9.17) is 14.2 Å². The molecule has 3 aromatic rings. The predicted octanol–water partition coefficient (Wildman–Crippen LogP) is 5.26. The van der Waals surface area contributed by atoms with Gasteiger partial charge in [0, 0.05) is 22.4 Å². The first kappa shape index (κ1) is 25.3. The molecule has 2 aromatic carbocycles. The van der Waals surface area contributed by atoms with Crippen LogP contribution in [0.2, 0.25) is 0 Å². The highest BCUT2D eigenvalue weighted by molar-refractivity contribution is 7.10. The Kier molecular flexibility index (Phi) is 7.35. The molecule has 0 radical (unpaired) electrons. The highest BCUT2D eigenvalue weighted by atomic mass is 32.1. The summed E-state index contributed by atoms with van der Waals surface area (Å²) in [6.45, 7) is 6.00. The molecule has 0 saturated carbocycles. The molecule has 7 nitrogen and oxygen atoms in total. The van der Waals surface area contributed by atoms with Crippen LogP contribution in [0.15, 0.2) is 59.6 Å². The summed E-state index contributed by atoms with van der Waals surface area (Å²) in [5.74, 6) is 0.872. The van der Waals surface area contributed by atoms with Crippen molar-refractivity contribution < 1.29 is 23.8 Å². The number of methoxy groups -OCH3 is 2. The molecular formula is C28H30N2O5S. The van der Waals surface area contributed by atoms with Gasteiger partial charge in [0.2, 0.25) is 0 Å². The van der Waals surface area contributed by atoms with E-state index in [1.807, 2.05) is 56.5 Å².